The fourth-order valence-electron chi connectivity index (χ4n) is 6.18. The molecule has 12 nitrogen and oxygen atoms in total. The first kappa shape index (κ1) is 34.4. The van der Waals surface area contributed by atoms with Crippen molar-refractivity contribution in [3.8, 4) is 0 Å². The Balaban J connectivity index is 1.82. The van der Waals surface area contributed by atoms with E-state index in [0.717, 1.165) is 5.56 Å². The molecule has 44 heavy (non-hydrogen) atoms. The number of fused-ring (bicyclic) bond motifs is 1. The van der Waals surface area contributed by atoms with E-state index in [9.17, 15) is 14.7 Å². The lowest BCUT2D eigenvalue weighted by atomic mass is 10.1. The van der Waals surface area contributed by atoms with Gasteiger partial charge in [0.1, 0.15) is 18.3 Å². The normalized spacial score (nSPS) is 21.5. The third kappa shape index (κ3) is 6.18. The van der Waals surface area contributed by atoms with Gasteiger partial charge in [0, 0.05) is 7.11 Å². The van der Waals surface area contributed by atoms with Crippen LogP contribution in [-0.4, -0.2) is 78.2 Å². The lowest BCUT2D eigenvalue weighted by molar-refractivity contribution is -0.0538. The Bertz CT molecular complexity index is 1450. The molecule has 1 saturated heterocycles. The molecule has 3 heterocycles. The van der Waals surface area contributed by atoms with E-state index in [2.05, 4.69) is 37.7 Å². The molecule has 244 valence electrons. The van der Waals surface area contributed by atoms with Crippen molar-refractivity contribution in [2.24, 2.45) is 0 Å². The van der Waals surface area contributed by atoms with Crippen molar-refractivity contribution < 1.29 is 27.9 Å². The van der Waals surface area contributed by atoms with E-state index in [1.54, 1.807) is 11.7 Å². The van der Waals surface area contributed by atoms with Crippen molar-refractivity contribution in [3.63, 3.8) is 0 Å². The van der Waals surface area contributed by atoms with Crippen molar-refractivity contribution in [2.45, 2.75) is 109 Å². The maximum Gasteiger partial charge on any atom is 0.335 e. The van der Waals surface area contributed by atoms with Gasteiger partial charge in [-0.15, -0.1) is 0 Å². The molecule has 0 spiro atoms. The average molecular weight is 648 g/mol. The highest BCUT2D eigenvalue weighted by molar-refractivity contribution is 6.83. The highest BCUT2D eigenvalue weighted by atomic mass is 28.5. The van der Waals surface area contributed by atoms with E-state index in [1.807, 2.05) is 58.0 Å². The Morgan fingerprint density at radius 3 is 2.14 bits per heavy atom. The summed E-state index contributed by atoms with van der Waals surface area (Å²) >= 11 is 0. The number of nitrogens with two attached hydrogens (primary N) is 1. The number of rotatable bonds is 13. The van der Waals surface area contributed by atoms with Gasteiger partial charge in [-0.1, -0.05) is 85.7 Å². The molecule has 1 aliphatic rings. The summed E-state index contributed by atoms with van der Waals surface area (Å²) in [6.07, 6.45) is -1.58. The summed E-state index contributed by atoms with van der Waals surface area (Å²) in [4.78, 5) is 34.6. The molecule has 1 fully saturated rings. The summed E-state index contributed by atoms with van der Waals surface area (Å²) in [5, 5.41) is 10.3. The van der Waals surface area contributed by atoms with Crippen LogP contribution in [0, 0.1) is 0 Å². The number of aliphatic hydroxyl groups excluding tert-OH is 1. The van der Waals surface area contributed by atoms with Gasteiger partial charge >= 0.3 is 17.1 Å². The number of hydrogen-bond acceptors (Lipinski definition) is 10. The van der Waals surface area contributed by atoms with E-state index in [1.165, 1.54) is 10.9 Å². The van der Waals surface area contributed by atoms with Crippen molar-refractivity contribution in [1.82, 2.24) is 19.1 Å². The first-order chi connectivity index (χ1) is 20.7. The van der Waals surface area contributed by atoms with Crippen LogP contribution in [0.1, 0.15) is 67.2 Å². The van der Waals surface area contributed by atoms with Crippen LogP contribution in [0.5, 0.6) is 0 Å². The number of imidazole rings is 1. The minimum atomic E-state index is -3.27. The molecule has 4 rings (SSSR count). The molecule has 14 heteroatoms. The van der Waals surface area contributed by atoms with Crippen LogP contribution in [0.4, 0.5) is 5.95 Å². The fourth-order valence-corrected chi connectivity index (χ4v) is 16.1. The second-order valence-electron chi connectivity index (χ2n) is 12.9. The van der Waals surface area contributed by atoms with Gasteiger partial charge in [-0.3, -0.25) is 13.9 Å². The predicted octanol–water partition coefficient (Wildman–Crippen LogP) is 4.05. The minimum Gasteiger partial charge on any atom is -0.414 e. The van der Waals surface area contributed by atoms with Crippen molar-refractivity contribution in [3.05, 3.63) is 52.6 Å². The second-order valence-corrected chi connectivity index (χ2v) is 21.5. The van der Waals surface area contributed by atoms with E-state index < -0.39 is 41.7 Å². The number of ether oxygens (including phenoxy) is 2. The molecule has 0 amide bonds. The Hall–Kier alpha value is -2.44. The van der Waals surface area contributed by atoms with Crippen LogP contribution in [0.2, 0.25) is 22.2 Å². The van der Waals surface area contributed by atoms with Gasteiger partial charge in [-0.25, -0.2) is 4.98 Å². The molecule has 2 aromatic heterocycles. The van der Waals surface area contributed by atoms with Gasteiger partial charge in [0.15, 0.2) is 17.4 Å². The summed E-state index contributed by atoms with van der Waals surface area (Å²) in [7, 11) is -4.97. The average Bonchev–Trinajstić information content (AvgIpc) is 3.55. The lowest BCUT2D eigenvalue weighted by Crippen LogP contribution is -2.62. The zero-order valence-corrected chi connectivity index (χ0v) is 29.3. The number of hydrogen-bond donors (Lipinski definition) is 3. The number of nitrogen functional groups attached to an aromatic ring is 1. The Morgan fingerprint density at radius 2 is 1.61 bits per heavy atom. The number of anilines is 1. The molecular weight excluding hydrogens is 599 g/mol. The molecule has 0 saturated carbocycles. The van der Waals surface area contributed by atoms with Gasteiger partial charge < -0.3 is 33.7 Å². The largest absolute Gasteiger partial charge is 0.414 e. The highest BCUT2D eigenvalue weighted by Crippen LogP contribution is 2.46. The first-order valence-electron chi connectivity index (χ1n) is 15.4. The van der Waals surface area contributed by atoms with E-state index in [4.69, 9.17) is 23.7 Å². The minimum absolute atomic E-state index is 0.0342. The molecule has 0 radical (unpaired) electrons. The maximum atomic E-state index is 13.6. The monoisotopic (exact) mass is 647 g/mol. The maximum absolute atomic E-state index is 13.6. The van der Waals surface area contributed by atoms with E-state index >= 15 is 0 Å². The molecule has 0 unspecified atom stereocenters. The SMILES string of the molecule is CO[C@H]1[C@@H](O[Si](O[Si](O)(C(C)C)C(C)C)(C(C)C)C(C)C)[C@H](n2cnc3c(=O)n(Cc4ccccc4)c(N)nc32)O[C@@H]1CO. The van der Waals surface area contributed by atoms with Crippen LogP contribution in [0.15, 0.2) is 41.5 Å². The van der Waals surface area contributed by atoms with Crippen LogP contribution in [0.25, 0.3) is 11.2 Å². The molecule has 4 N–H and O–H groups in total. The smallest absolute Gasteiger partial charge is 0.335 e. The van der Waals surface area contributed by atoms with Crippen molar-refractivity contribution >= 4 is 34.2 Å². The topological polar surface area (TPSA) is 156 Å². The van der Waals surface area contributed by atoms with E-state index in [0.29, 0.717) is 0 Å². The number of aromatic nitrogens is 4. The second kappa shape index (κ2) is 13.5. The van der Waals surface area contributed by atoms with Gasteiger partial charge in [0.2, 0.25) is 5.95 Å². The number of methoxy groups -OCH3 is 1. The van der Waals surface area contributed by atoms with Crippen molar-refractivity contribution in [2.75, 3.05) is 19.5 Å². The molecule has 1 aliphatic heterocycles. The molecular formula is C30H49N5O7Si2. The molecule has 0 aliphatic carbocycles. The summed E-state index contributed by atoms with van der Waals surface area (Å²) in [6.45, 7) is 16.1. The lowest BCUT2D eigenvalue weighted by Gasteiger charge is -2.47. The Labute approximate surface area is 261 Å². The fraction of sp³-hybridized carbons (Fsp3) is 0.633. The van der Waals surface area contributed by atoms with Gasteiger partial charge in [0.05, 0.1) is 19.5 Å². The number of nitrogens with zero attached hydrogens (tertiary/aromatic N) is 4. The quantitative estimate of drug-likeness (QED) is 0.231. The standard InChI is InChI=1S/C30H49N5O7Si2/c1-18(2)43(38,19(3)4)42-44(20(5)6,21(7)8)41-26-25(39-9)23(16-36)40-29(26)35-17-32-24-27(35)33-30(31)34(28(24)37)15-22-13-11-10-12-14-22/h10-14,17-21,23,25-26,29,36,38H,15-16H2,1-9H3,(H2,31,33)/t23-,25-,26-,29-/m1/s1. The third-order valence-corrected chi connectivity index (χ3v) is 18.6. The highest BCUT2D eigenvalue weighted by Gasteiger charge is 2.59. The zero-order chi connectivity index (χ0) is 32.6. The van der Waals surface area contributed by atoms with Crippen molar-refractivity contribution in [1.29, 1.82) is 0 Å². The van der Waals surface area contributed by atoms with E-state index in [-0.39, 0.29) is 58.0 Å². The number of benzene rings is 1. The molecule has 4 atom stereocenters. The summed E-state index contributed by atoms with van der Waals surface area (Å²) in [5.74, 6) is 0.0342. The summed E-state index contributed by atoms with van der Waals surface area (Å²) < 4.78 is 29.4. The molecule has 1 aromatic carbocycles. The number of aliphatic hydroxyl groups is 1. The van der Waals surface area contributed by atoms with Gasteiger partial charge in [0.25, 0.3) is 5.56 Å². The Kier molecular flexibility index (Phi) is 10.6. The van der Waals surface area contributed by atoms with Crippen LogP contribution < -0.4 is 11.3 Å². The summed E-state index contributed by atoms with van der Waals surface area (Å²) in [5.41, 5.74) is 6.99. The predicted molar refractivity (Wildman–Crippen MR) is 174 cm³/mol. The zero-order valence-electron chi connectivity index (χ0n) is 27.3. The van der Waals surface area contributed by atoms with Crippen LogP contribution >= 0.6 is 0 Å². The third-order valence-electron chi connectivity index (χ3n) is 8.81. The molecule has 3 aromatic rings. The van der Waals surface area contributed by atoms with Crippen LogP contribution in [-0.2, 0) is 24.6 Å². The van der Waals surface area contributed by atoms with Gasteiger partial charge in [-0.2, -0.15) is 4.98 Å². The summed E-state index contributed by atoms with van der Waals surface area (Å²) in [6, 6.07) is 9.51. The first-order valence-corrected chi connectivity index (χ1v) is 19.4. The molecule has 0 bridgehead atoms. The Morgan fingerprint density at radius 1 is 1.00 bits per heavy atom. The van der Waals surface area contributed by atoms with Crippen LogP contribution in [0.3, 0.4) is 0 Å². The van der Waals surface area contributed by atoms with Gasteiger partial charge in [-0.05, 0) is 27.7 Å².